The van der Waals surface area contributed by atoms with E-state index < -0.39 is 17.2 Å². The lowest BCUT2D eigenvalue weighted by Gasteiger charge is -2.34. The highest BCUT2D eigenvalue weighted by atomic mass is 19.4. The predicted octanol–water partition coefficient (Wildman–Crippen LogP) is 2.87. The first-order valence-electron chi connectivity index (χ1n) is 5.76. The van der Waals surface area contributed by atoms with Gasteiger partial charge in [-0.25, -0.2) is 0 Å². The summed E-state index contributed by atoms with van der Waals surface area (Å²) in [7, 11) is 0. The van der Waals surface area contributed by atoms with Gasteiger partial charge in [-0.1, -0.05) is 25.1 Å². The van der Waals surface area contributed by atoms with Crippen LogP contribution in [0.25, 0.3) is 0 Å². The molecule has 1 heterocycles. The van der Waals surface area contributed by atoms with Crippen molar-refractivity contribution in [3.63, 3.8) is 0 Å². The number of piperidine rings is 1. The average Bonchev–Trinajstić information content (AvgIpc) is 2.32. The van der Waals surface area contributed by atoms with Crippen LogP contribution < -0.4 is 5.32 Å². The van der Waals surface area contributed by atoms with Gasteiger partial charge in [0.15, 0.2) is 0 Å². The largest absolute Gasteiger partial charge is 0.416 e. The van der Waals surface area contributed by atoms with E-state index in [1.165, 1.54) is 12.1 Å². The molecule has 1 atom stereocenters. The molecule has 18 heavy (non-hydrogen) atoms. The molecular formula is C13H14F3NO. The molecule has 0 saturated carbocycles. The van der Waals surface area contributed by atoms with Gasteiger partial charge in [-0.05, 0) is 18.1 Å². The molecule has 0 aliphatic carbocycles. The second-order valence-electron chi connectivity index (χ2n) is 4.92. The summed E-state index contributed by atoms with van der Waals surface area (Å²) in [5.41, 5.74) is -0.440. The van der Waals surface area contributed by atoms with E-state index in [4.69, 9.17) is 0 Å². The van der Waals surface area contributed by atoms with E-state index in [-0.39, 0.29) is 5.91 Å². The van der Waals surface area contributed by atoms with E-state index in [0.29, 0.717) is 24.9 Å². The smallest absolute Gasteiger partial charge is 0.355 e. The van der Waals surface area contributed by atoms with Crippen LogP contribution in [0.15, 0.2) is 24.3 Å². The van der Waals surface area contributed by atoms with Crippen LogP contribution in [0.3, 0.4) is 0 Å². The molecule has 98 valence electrons. The molecule has 1 aliphatic rings. The Labute approximate surface area is 103 Å². The fourth-order valence-corrected chi connectivity index (χ4v) is 2.18. The number of rotatable bonds is 1. The van der Waals surface area contributed by atoms with Crippen molar-refractivity contribution in [2.45, 2.75) is 31.4 Å². The summed E-state index contributed by atoms with van der Waals surface area (Å²) in [6, 6.07) is 5.35. The van der Waals surface area contributed by atoms with Gasteiger partial charge in [0.25, 0.3) is 0 Å². The van der Waals surface area contributed by atoms with Gasteiger partial charge in [-0.2, -0.15) is 13.2 Å². The molecule has 2 nitrogen and oxygen atoms in total. The Morgan fingerprint density at radius 1 is 1.33 bits per heavy atom. The first-order valence-corrected chi connectivity index (χ1v) is 5.76. The van der Waals surface area contributed by atoms with Crippen LogP contribution in [-0.2, 0) is 16.4 Å². The van der Waals surface area contributed by atoms with Crippen LogP contribution in [-0.4, -0.2) is 12.5 Å². The minimum Gasteiger partial charge on any atom is -0.355 e. The van der Waals surface area contributed by atoms with E-state index in [1.807, 2.05) is 6.92 Å². The maximum atomic E-state index is 12.7. The molecule has 0 radical (unpaired) electrons. The number of hydrogen-bond donors (Lipinski definition) is 1. The molecule has 1 aliphatic heterocycles. The number of benzene rings is 1. The number of carbonyl (C=O) groups excluding carboxylic acids is 1. The third-order valence-corrected chi connectivity index (χ3v) is 3.47. The average molecular weight is 257 g/mol. The molecule has 1 N–H and O–H groups in total. The van der Waals surface area contributed by atoms with Crippen molar-refractivity contribution in [3.05, 3.63) is 35.4 Å². The summed E-state index contributed by atoms with van der Waals surface area (Å²) < 4.78 is 38.0. The summed E-state index contributed by atoms with van der Waals surface area (Å²) >= 11 is 0. The van der Waals surface area contributed by atoms with E-state index >= 15 is 0 Å². The fourth-order valence-electron chi connectivity index (χ4n) is 2.18. The van der Waals surface area contributed by atoms with E-state index in [2.05, 4.69) is 5.32 Å². The molecule has 1 aromatic carbocycles. The summed E-state index contributed by atoms with van der Waals surface area (Å²) in [5.74, 6) is -0.0422. The summed E-state index contributed by atoms with van der Waals surface area (Å²) in [6.07, 6.45) is -3.41. The number of carbonyl (C=O) groups is 1. The number of alkyl halides is 3. The van der Waals surface area contributed by atoms with Gasteiger partial charge in [0.1, 0.15) is 0 Å². The van der Waals surface area contributed by atoms with Crippen LogP contribution in [0.2, 0.25) is 0 Å². The fraction of sp³-hybridized carbons (Fsp3) is 0.462. The van der Waals surface area contributed by atoms with Crippen LogP contribution in [0.5, 0.6) is 0 Å². The third-order valence-electron chi connectivity index (χ3n) is 3.47. The predicted molar refractivity (Wildman–Crippen MR) is 61.0 cm³/mol. The third kappa shape index (κ3) is 2.49. The van der Waals surface area contributed by atoms with E-state index in [9.17, 15) is 18.0 Å². The van der Waals surface area contributed by atoms with Crippen molar-refractivity contribution >= 4 is 5.91 Å². The highest BCUT2D eigenvalue weighted by molar-refractivity contribution is 5.77. The molecule has 1 unspecified atom stereocenters. The lowest BCUT2D eigenvalue weighted by molar-refractivity contribution is -0.137. The Bertz CT molecular complexity index is 458. The van der Waals surface area contributed by atoms with Crippen LogP contribution in [0, 0.1) is 0 Å². The summed E-state index contributed by atoms with van der Waals surface area (Å²) in [6.45, 7) is 2.26. The molecule has 1 aromatic rings. The highest BCUT2D eigenvalue weighted by Crippen LogP contribution is 2.35. The van der Waals surface area contributed by atoms with Crippen LogP contribution in [0.4, 0.5) is 13.2 Å². The molecule has 1 fully saturated rings. The molecule has 1 saturated heterocycles. The number of amides is 1. The van der Waals surface area contributed by atoms with Gasteiger partial charge in [0.05, 0.1) is 5.56 Å². The first-order chi connectivity index (χ1) is 8.31. The number of hydrogen-bond acceptors (Lipinski definition) is 1. The second kappa shape index (κ2) is 4.30. The maximum absolute atomic E-state index is 12.7. The van der Waals surface area contributed by atoms with Crippen molar-refractivity contribution in [3.8, 4) is 0 Å². The zero-order chi connectivity index (χ0) is 13.4. The maximum Gasteiger partial charge on any atom is 0.416 e. The Kier molecular flexibility index (Phi) is 3.09. The first kappa shape index (κ1) is 12.9. The van der Waals surface area contributed by atoms with Gasteiger partial charge in [0, 0.05) is 18.4 Å². The normalized spacial score (nSPS) is 24.8. The van der Waals surface area contributed by atoms with Gasteiger partial charge >= 0.3 is 6.18 Å². The SMILES string of the molecule is CC1(c2cccc(C(F)(F)F)c2)CCC(=O)NC1. The molecule has 0 spiro atoms. The van der Waals surface area contributed by atoms with Gasteiger partial charge in [-0.15, -0.1) is 0 Å². The molecule has 0 aromatic heterocycles. The Morgan fingerprint density at radius 3 is 2.61 bits per heavy atom. The summed E-state index contributed by atoms with van der Waals surface area (Å²) in [5, 5.41) is 2.71. The zero-order valence-electron chi connectivity index (χ0n) is 9.97. The lowest BCUT2D eigenvalue weighted by atomic mass is 9.76. The standard InChI is InChI=1S/C13H14F3NO/c1-12(6-5-11(18)17-8-12)9-3-2-4-10(7-9)13(14,15)16/h2-4,7H,5-6,8H2,1H3,(H,17,18). The van der Waals surface area contributed by atoms with Gasteiger partial charge < -0.3 is 5.32 Å². The molecule has 0 bridgehead atoms. The molecular weight excluding hydrogens is 243 g/mol. The zero-order valence-corrected chi connectivity index (χ0v) is 9.97. The van der Waals surface area contributed by atoms with Crippen molar-refractivity contribution < 1.29 is 18.0 Å². The van der Waals surface area contributed by atoms with Crippen molar-refractivity contribution in [1.29, 1.82) is 0 Å². The molecule has 1 amide bonds. The molecule has 5 heteroatoms. The second-order valence-corrected chi connectivity index (χ2v) is 4.92. The Balaban J connectivity index is 2.31. The lowest BCUT2D eigenvalue weighted by Crippen LogP contribution is -2.44. The number of halogens is 3. The monoisotopic (exact) mass is 257 g/mol. The van der Waals surface area contributed by atoms with Crippen molar-refractivity contribution in [2.24, 2.45) is 0 Å². The van der Waals surface area contributed by atoms with Crippen LogP contribution in [0.1, 0.15) is 30.9 Å². The minimum atomic E-state index is -4.33. The van der Waals surface area contributed by atoms with Gasteiger partial charge in [-0.3, -0.25) is 4.79 Å². The Hall–Kier alpha value is -1.52. The minimum absolute atomic E-state index is 0.0422. The van der Waals surface area contributed by atoms with E-state index in [0.717, 1.165) is 6.07 Å². The quantitative estimate of drug-likeness (QED) is 0.823. The van der Waals surface area contributed by atoms with Crippen molar-refractivity contribution in [1.82, 2.24) is 5.32 Å². The van der Waals surface area contributed by atoms with E-state index in [1.54, 1.807) is 6.07 Å². The topological polar surface area (TPSA) is 29.1 Å². The summed E-state index contributed by atoms with van der Waals surface area (Å²) in [4.78, 5) is 11.1. The highest BCUT2D eigenvalue weighted by Gasteiger charge is 2.35. The van der Waals surface area contributed by atoms with Gasteiger partial charge in [0.2, 0.25) is 5.91 Å². The van der Waals surface area contributed by atoms with Crippen LogP contribution >= 0.6 is 0 Å². The molecule has 2 rings (SSSR count). The Morgan fingerprint density at radius 2 is 2.06 bits per heavy atom. The van der Waals surface area contributed by atoms with Crippen molar-refractivity contribution in [2.75, 3.05) is 6.54 Å². The number of nitrogens with one attached hydrogen (secondary N) is 1.